The Labute approximate surface area is 115 Å². The maximum absolute atomic E-state index is 12.2. The van der Waals surface area contributed by atoms with E-state index in [0.29, 0.717) is 11.6 Å². The highest BCUT2D eigenvalue weighted by atomic mass is 16.1. The van der Waals surface area contributed by atoms with Gasteiger partial charge in [-0.25, -0.2) is 4.98 Å². The standard InChI is InChI=1S/C15H14N4O/c1-2-16-15-17-10-11-8-9-13(20)19(14(11)18-15)12-6-4-3-5-7-12/h3-10H,2H2,1H3,(H,16,17,18). The summed E-state index contributed by atoms with van der Waals surface area (Å²) in [6, 6.07) is 12.8. The van der Waals surface area contributed by atoms with Crippen LogP contribution in [0.25, 0.3) is 16.7 Å². The summed E-state index contributed by atoms with van der Waals surface area (Å²) in [7, 11) is 0. The lowest BCUT2D eigenvalue weighted by molar-refractivity contribution is 0.997. The van der Waals surface area contributed by atoms with Gasteiger partial charge >= 0.3 is 0 Å². The molecule has 0 saturated heterocycles. The Morgan fingerprint density at radius 1 is 1.15 bits per heavy atom. The van der Waals surface area contributed by atoms with Crippen LogP contribution in [-0.2, 0) is 0 Å². The van der Waals surface area contributed by atoms with E-state index in [0.717, 1.165) is 17.6 Å². The third-order valence-corrected chi connectivity index (χ3v) is 2.98. The highest BCUT2D eigenvalue weighted by Crippen LogP contribution is 2.15. The molecule has 0 aliphatic carbocycles. The van der Waals surface area contributed by atoms with Crippen LogP contribution in [0.15, 0.2) is 53.5 Å². The summed E-state index contributed by atoms with van der Waals surface area (Å²) in [6.07, 6.45) is 1.72. The van der Waals surface area contributed by atoms with Gasteiger partial charge in [0.2, 0.25) is 5.95 Å². The molecule has 20 heavy (non-hydrogen) atoms. The van der Waals surface area contributed by atoms with Crippen molar-refractivity contribution in [2.24, 2.45) is 0 Å². The number of rotatable bonds is 3. The molecule has 3 aromatic rings. The number of aromatic nitrogens is 3. The van der Waals surface area contributed by atoms with Crippen molar-refractivity contribution in [3.8, 4) is 5.69 Å². The molecule has 3 rings (SSSR count). The van der Waals surface area contributed by atoms with E-state index in [9.17, 15) is 4.79 Å². The number of hydrogen-bond donors (Lipinski definition) is 1. The number of nitrogens with one attached hydrogen (secondary N) is 1. The number of hydrogen-bond acceptors (Lipinski definition) is 4. The summed E-state index contributed by atoms with van der Waals surface area (Å²) in [5.41, 5.74) is 1.30. The maximum Gasteiger partial charge on any atom is 0.256 e. The molecule has 100 valence electrons. The normalized spacial score (nSPS) is 10.7. The third-order valence-electron chi connectivity index (χ3n) is 2.98. The summed E-state index contributed by atoms with van der Waals surface area (Å²) in [5, 5.41) is 3.89. The van der Waals surface area contributed by atoms with Crippen LogP contribution in [0.1, 0.15) is 6.92 Å². The Morgan fingerprint density at radius 2 is 1.95 bits per heavy atom. The van der Waals surface area contributed by atoms with Crippen LogP contribution >= 0.6 is 0 Å². The van der Waals surface area contributed by atoms with Crippen molar-refractivity contribution in [3.63, 3.8) is 0 Å². The average Bonchev–Trinajstić information content (AvgIpc) is 2.48. The van der Waals surface area contributed by atoms with Crippen molar-refractivity contribution in [2.45, 2.75) is 6.92 Å². The van der Waals surface area contributed by atoms with Gasteiger partial charge in [0.1, 0.15) is 0 Å². The predicted molar refractivity (Wildman–Crippen MR) is 79.3 cm³/mol. The van der Waals surface area contributed by atoms with Gasteiger partial charge in [-0.2, -0.15) is 4.98 Å². The molecule has 1 aromatic carbocycles. The Kier molecular flexibility index (Phi) is 3.16. The Hall–Kier alpha value is -2.69. The zero-order valence-electron chi connectivity index (χ0n) is 11.1. The average molecular weight is 266 g/mol. The Balaban J connectivity index is 2.31. The number of pyridine rings is 1. The number of fused-ring (bicyclic) bond motifs is 1. The van der Waals surface area contributed by atoms with Crippen LogP contribution in [0.4, 0.5) is 5.95 Å². The topological polar surface area (TPSA) is 59.8 Å². The quantitative estimate of drug-likeness (QED) is 0.789. The van der Waals surface area contributed by atoms with E-state index in [1.165, 1.54) is 6.07 Å². The van der Waals surface area contributed by atoms with E-state index in [-0.39, 0.29) is 5.56 Å². The molecule has 0 atom stereocenters. The minimum absolute atomic E-state index is 0.107. The fourth-order valence-electron chi connectivity index (χ4n) is 2.09. The molecule has 0 aliphatic heterocycles. The first-order valence-corrected chi connectivity index (χ1v) is 6.47. The van der Waals surface area contributed by atoms with Crippen molar-refractivity contribution >= 4 is 17.0 Å². The molecule has 0 unspecified atom stereocenters. The van der Waals surface area contributed by atoms with Gasteiger partial charge < -0.3 is 5.32 Å². The maximum atomic E-state index is 12.2. The van der Waals surface area contributed by atoms with Crippen molar-refractivity contribution in [3.05, 3.63) is 59.0 Å². The van der Waals surface area contributed by atoms with Crippen LogP contribution < -0.4 is 10.9 Å². The van der Waals surface area contributed by atoms with Crippen LogP contribution in [0.3, 0.4) is 0 Å². The molecule has 0 aliphatic rings. The lowest BCUT2D eigenvalue weighted by atomic mass is 10.2. The molecule has 5 heteroatoms. The summed E-state index contributed by atoms with van der Waals surface area (Å²) < 4.78 is 1.60. The minimum atomic E-state index is -0.107. The Bertz CT molecular complexity index is 796. The molecule has 0 fully saturated rings. The van der Waals surface area contributed by atoms with E-state index in [2.05, 4.69) is 15.3 Å². The largest absolute Gasteiger partial charge is 0.354 e. The van der Waals surface area contributed by atoms with Crippen molar-refractivity contribution < 1.29 is 0 Å². The van der Waals surface area contributed by atoms with Gasteiger partial charge in [0, 0.05) is 24.2 Å². The molecule has 0 spiro atoms. The monoisotopic (exact) mass is 266 g/mol. The van der Waals surface area contributed by atoms with Gasteiger partial charge in [-0.15, -0.1) is 0 Å². The minimum Gasteiger partial charge on any atom is -0.354 e. The molecule has 0 amide bonds. The van der Waals surface area contributed by atoms with Gasteiger partial charge in [-0.1, -0.05) is 18.2 Å². The van der Waals surface area contributed by atoms with E-state index in [4.69, 9.17) is 0 Å². The molecule has 5 nitrogen and oxygen atoms in total. The first kappa shape index (κ1) is 12.3. The van der Waals surface area contributed by atoms with Gasteiger partial charge in [-0.05, 0) is 25.1 Å². The first-order chi connectivity index (χ1) is 9.79. The second-order valence-electron chi connectivity index (χ2n) is 4.35. The fourth-order valence-corrected chi connectivity index (χ4v) is 2.09. The highest BCUT2D eigenvalue weighted by Gasteiger charge is 2.08. The molecule has 0 saturated carbocycles. The smallest absolute Gasteiger partial charge is 0.256 e. The van der Waals surface area contributed by atoms with Crippen LogP contribution in [0.5, 0.6) is 0 Å². The second kappa shape index (κ2) is 5.13. The SMILES string of the molecule is CCNc1ncc2ccc(=O)n(-c3ccccc3)c2n1. The zero-order chi connectivity index (χ0) is 13.9. The third kappa shape index (κ3) is 2.14. The molecule has 1 N–H and O–H groups in total. The van der Waals surface area contributed by atoms with E-state index in [1.807, 2.05) is 37.3 Å². The zero-order valence-corrected chi connectivity index (χ0v) is 11.1. The van der Waals surface area contributed by atoms with Gasteiger partial charge in [0.05, 0.1) is 5.69 Å². The second-order valence-corrected chi connectivity index (χ2v) is 4.35. The lowest BCUT2D eigenvalue weighted by Crippen LogP contribution is -2.18. The molecular formula is C15H14N4O. The molecule has 2 heterocycles. The van der Waals surface area contributed by atoms with Gasteiger partial charge in [0.15, 0.2) is 5.65 Å². The van der Waals surface area contributed by atoms with Crippen molar-refractivity contribution in [2.75, 3.05) is 11.9 Å². The summed E-state index contributed by atoms with van der Waals surface area (Å²) >= 11 is 0. The number of nitrogens with zero attached hydrogens (tertiary/aromatic N) is 3. The lowest BCUT2D eigenvalue weighted by Gasteiger charge is -2.10. The summed E-state index contributed by atoms with van der Waals surface area (Å²) in [5.74, 6) is 0.523. The summed E-state index contributed by atoms with van der Waals surface area (Å²) in [4.78, 5) is 20.9. The molecule has 0 bridgehead atoms. The number of benzene rings is 1. The van der Waals surface area contributed by atoms with E-state index in [1.54, 1.807) is 16.8 Å². The summed E-state index contributed by atoms with van der Waals surface area (Å²) in [6.45, 7) is 2.71. The first-order valence-electron chi connectivity index (χ1n) is 6.47. The van der Waals surface area contributed by atoms with E-state index < -0.39 is 0 Å². The van der Waals surface area contributed by atoms with Crippen molar-refractivity contribution in [1.29, 1.82) is 0 Å². The van der Waals surface area contributed by atoms with Crippen LogP contribution in [-0.4, -0.2) is 21.1 Å². The van der Waals surface area contributed by atoms with Crippen LogP contribution in [0, 0.1) is 0 Å². The number of para-hydroxylation sites is 1. The van der Waals surface area contributed by atoms with Crippen LogP contribution in [0.2, 0.25) is 0 Å². The van der Waals surface area contributed by atoms with Crippen molar-refractivity contribution in [1.82, 2.24) is 14.5 Å². The number of anilines is 1. The van der Waals surface area contributed by atoms with Gasteiger partial charge in [-0.3, -0.25) is 9.36 Å². The predicted octanol–water partition coefficient (Wildman–Crippen LogP) is 2.21. The fraction of sp³-hybridized carbons (Fsp3) is 0.133. The van der Waals surface area contributed by atoms with E-state index >= 15 is 0 Å². The Morgan fingerprint density at radius 3 is 2.70 bits per heavy atom. The molecular weight excluding hydrogens is 252 g/mol. The molecule has 2 aromatic heterocycles. The molecule has 0 radical (unpaired) electrons. The van der Waals surface area contributed by atoms with Gasteiger partial charge in [0.25, 0.3) is 5.56 Å². The highest BCUT2D eigenvalue weighted by molar-refractivity contribution is 5.76.